The molecule has 3 heterocycles. The monoisotopic (exact) mass is 602 g/mol. The molecule has 4 N–H and O–H groups in total. The van der Waals surface area contributed by atoms with Crippen molar-refractivity contribution in [2.45, 2.75) is 57.7 Å². The zero-order chi connectivity index (χ0) is 31.3. The fourth-order valence-electron chi connectivity index (χ4n) is 5.79. The number of aromatic nitrogens is 2. The molecule has 0 spiro atoms. The molecule has 2 aliphatic heterocycles. The highest BCUT2D eigenvalue weighted by Gasteiger charge is 2.41. The quantitative estimate of drug-likeness (QED) is 0.387. The predicted molar refractivity (Wildman–Crippen MR) is 153 cm³/mol. The SMILES string of the molecule is CC1(C)CC=C(c2cc(C3(N4CCNCC4)CCOCC3)ccc2NC(=O)c2ncc(C#N)[nH]2)CC1.O=C(O)C(F)(F)F. The van der Waals surface area contributed by atoms with E-state index in [1.54, 1.807) is 0 Å². The number of carbonyl (C=O) groups excluding carboxylic acids is 1. The largest absolute Gasteiger partial charge is 0.490 e. The number of H-pyrrole nitrogens is 1. The number of ether oxygens (including phenoxy) is 1. The first kappa shape index (κ1) is 32.2. The number of nitrogens with one attached hydrogen (secondary N) is 3. The molecular formula is C30H37F3N6O4. The van der Waals surface area contributed by atoms with Gasteiger partial charge >= 0.3 is 12.1 Å². The van der Waals surface area contributed by atoms with Crippen molar-refractivity contribution in [2.75, 3.05) is 44.7 Å². The van der Waals surface area contributed by atoms with E-state index in [4.69, 9.17) is 19.9 Å². The number of anilines is 1. The molecule has 232 valence electrons. The molecule has 0 bridgehead atoms. The Bertz CT molecular complexity index is 1380. The van der Waals surface area contributed by atoms with E-state index < -0.39 is 12.1 Å². The van der Waals surface area contributed by atoms with Gasteiger partial charge < -0.3 is 25.5 Å². The van der Waals surface area contributed by atoms with Crippen LogP contribution in [0, 0.1) is 16.7 Å². The second-order valence-corrected chi connectivity index (χ2v) is 11.8. The van der Waals surface area contributed by atoms with Crippen LogP contribution in [0.15, 0.2) is 30.5 Å². The van der Waals surface area contributed by atoms with Crippen molar-refractivity contribution in [3.8, 4) is 6.07 Å². The first-order valence-corrected chi connectivity index (χ1v) is 14.3. The van der Waals surface area contributed by atoms with Gasteiger partial charge in [0.2, 0.25) is 0 Å². The summed E-state index contributed by atoms with van der Waals surface area (Å²) in [4.78, 5) is 31.4. The molecule has 13 heteroatoms. The molecule has 3 aliphatic rings. The number of aromatic amines is 1. The number of carboxylic acids is 1. The third-order valence-electron chi connectivity index (χ3n) is 8.32. The minimum Gasteiger partial charge on any atom is -0.475 e. The highest BCUT2D eigenvalue weighted by atomic mass is 19.4. The maximum Gasteiger partial charge on any atom is 0.490 e. The molecule has 0 saturated carbocycles. The summed E-state index contributed by atoms with van der Waals surface area (Å²) < 4.78 is 37.5. The summed E-state index contributed by atoms with van der Waals surface area (Å²) in [5.41, 5.74) is 4.95. The molecule has 43 heavy (non-hydrogen) atoms. The van der Waals surface area contributed by atoms with E-state index in [1.807, 2.05) is 6.07 Å². The number of nitrogens with zero attached hydrogens (tertiary/aromatic N) is 3. The van der Waals surface area contributed by atoms with E-state index in [9.17, 15) is 18.0 Å². The summed E-state index contributed by atoms with van der Waals surface area (Å²) in [6.07, 6.45) is 3.67. The fourth-order valence-corrected chi connectivity index (χ4v) is 5.79. The van der Waals surface area contributed by atoms with Crippen molar-refractivity contribution in [1.29, 1.82) is 5.26 Å². The first-order chi connectivity index (χ1) is 20.3. The van der Waals surface area contributed by atoms with Crippen LogP contribution < -0.4 is 10.6 Å². The van der Waals surface area contributed by atoms with Crippen molar-refractivity contribution < 1.29 is 32.6 Å². The number of allylic oxidation sites excluding steroid dienone is 2. The highest BCUT2D eigenvalue weighted by molar-refractivity contribution is 6.03. The van der Waals surface area contributed by atoms with Crippen LogP contribution in [0.2, 0.25) is 0 Å². The van der Waals surface area contributed by atoms with Gasteiger partial charge in [-0.2, -0.15) is 18.4 Å². The molecule has 1 aromatic carbocycles. The number of alkyl halides is 3. The number of hydrogen-bond acceptors (Lipinski definition) is 7. The van der Waals surface area contributed by atoms with E-state index in [1.165, 1.54) is 17.3 Å². The fraction of sp³-hybridized carbons (Fsp3) is 0.533. The smallest absolute Gasteiger partial charge is 0.475 e. The van der Waals surface area contributed by atoms with Crippen molar-refractivity contribution in [3.05, 3.63) is 53.1 Å². The minimum atomic E-state index is -5.08. The van der Waals surface area contributed by atoms with Gasteiger partial charge in [-0.1, -0.05) is 26.0 Å². The Morgan fingerprint density at radius 1 is 1.16 bits per heavy atom. The maximum absolute atomic E-state index is 13.0. The van der Waals surface area contributed by atoms with Crippen molar-refractivity contribution >= 4 is 23.1 Å². The van der Waals surface area contributed by atoms with Gasteiger partial charge in [-0.15, -0.1) is 0 Å². The lowest BCUT2D eigenvalue weighted by atomic mass is 9.75. The Hall–Kier alpha value is -3.73. The molecule has 2 aromatic rings. The molecule has 0 atom stereocenters. The molecule has 1 amide bonds. The Labute approximate surface area is 248 Å². The number of halogens is 3. The number of imidazole rings is 1. The van der Waals surface area contributed by atoms with Crippen LogP contribution in [0.4, 0.5) is 18.9 Å². The predicted octanol–water partition coefficient (Wildman–Crippen LogP) is 4.67. The molecule has 5 rings (SSSR count). The summed E-state index contributed by atoms with van der Waals surface area (Å²) in [6, 6.07) is 8.54. The van der Waals surface area contributed by atoms with Gasteiger partial charge in [0.25, 0.3) is 5.91 Å². The van der Waals surface area contributed by atoms with Gasteiger partial charge in [0.1, 0.15) is 11.8 Å². The van der Waals surface area contributed by atoms with E-state index in [0.717, 1.165) is 82.7 Å². The van der Waals surface area contributed by atoms with Gasteiger partial charge in [-0.3, -0.25) is 9.69 Å². The third kappa shape index (κ3) is 7.81. The minimum absolute atomic E-state index is 0.0607. The van der Waals surface area contributed by atoms with Crippen LogP contribution in [0.3, 0.4) is 0 Å². The molecule has 1 aromatic heterocycles. The second kappa shape index (κ2) is 13.3. The van der Waals surface area contributed by atoms with E-state index in [2.05, 4.69) is 63.6 Å². The molecule has 2 saturated heterocycles. The van der Waals surface area contributed by atoms with Crippen molar-refractivity contribution in [3.63, 3.8) is 0 Å². The summed E-state index contributed by atoms with van der Waals surface area (Å²) in [6.45, 7) is 10.2. The van der Waals surface area contributed by atoms with Gasteiger partial charge in [0.05, 0.1) is 11.7 Å². The van der Waals surface area contributed by atoms with Crippen LogP contribution in [0.25, 0.3) is 5.57 Å². The van der Waals surface area contributed by atoms with Gasteiger partial charge in [0.15, 0.2) is 5.82 Å². The molecule has 1 aliphatic carbocycles. The number of carbonyl (C=O) groups is 2. The van der Waals surface area contributed by atoms with Crippen LogP contribution >= 0.6 is 0 Å². The lowest BCUT2D eigenvalue weighted by molar-refractivity contribution is -0.192. The lowest BCUT2D eigenvalue weighted by Crippen LogP contribution is -2.56. The third-order valence-corrected chi connectivity index (χ3v) is 8.32. The summed E-state index contributed by atoms with van der Waals surface area (Å²) in [7, 11) is 0. The van der Waals surface area contributed by atoms with Gasteiger partial charge in [-0.05, 0) is 60.8 Å². The van der Waals surface area contributed by atoms with E-state index in [0.29, 0.717) is 0 Å². The zero-order valence-corrected chi connectivity index (χ0v) is 24.3. The first-order valence-electron chi connectivity index (χ1n) is 14.3. The summed E-state index contributed by atoms with van der Waals surface area (Å²) in [5, 5.41) is 22.8. The Kier molecular flexibility index (Phi) is 9.94. The summed E-state index contributed by atoms with van der Waals surface area (Å²) >= 11 is 0. The molecular weight excluding hydrogens is 565 g/mol. The van der Waals surface area contributed by atoms with Crippen LogP contribution in [-0.4, -0.2) is 77.4 Å². The highest BCUT2D eigenvalue weighted by Crippen LogP contribution is 2.44. The topological polar surface area (TPSA) is 143 Å². The number of piperazine rings is 1. The number of aliphatic carboxylic acids is 1. The number of carboxylic acid groups (broad SMARTS) is 1. The Morgan fingerprint density at radius 2 is 1.84 bits per heavy atom. The average molecular weight is 603 g/mol. The average Bonchev–Trinajstić information content (AvgIpc) is 3.48. The lowest BCUT2D eigenvalue weighted by Gasteiger charge is -2.48. The molecule has 10 nitrogen and oxygen atoms in total. The van der Waals surface area contributed by atoms with Gasteiger partial charge in [-0.25, -0.2) is 9.78 Å². The van der Waals surface area contributed by atoms with Crippen molar-refractivity contribution in [2.24, 2.45) is 5.41 Å². The van der Waals surface area contributed by atoms with Crippen molar-refractivity contribution in [1.82, 2.24) is 20.2 Å². The standard InChI is InChI=1S/C28H36N6O2.C2HF3O2/c1-27(2)7-5-20(6-8-27)23-17-21(28(9-15-36-16-10-28)34-13-11-30-12-14-34)3-4-24(23)33-26(35)25-31-19-22(18-29)32-25;3-2(4,5)1(6)7/h3-5,17,19,30H,6-16H2,1-2H3,(H,31,32)(H,33,35);(H,6,7). The Morgan fingerprint density at radius 3 is 2.40 bits per heavy atom. The van der Waals surface area contributed by atoms with Crippen LogP contribution in [0.1, 0.15) is 73.4 Å². The maximum atomic E-state index is 13.0. The normalized spacial score (nSPS) is 20.1. The van der Waals surface area contributed by atoms with E-state index in [-0.39, 0.29) is 28.4 Å². The summed E-state index contributed by atoms with van der Waals surface area (Å²) in [5.74, 6) is -2.96. The van der Waals surface area contributed by atoms with Crippen LogP contribution in [0.5, 0.6) is 0 Å². The zero-order valence-electron chi connectivity index (χ0n) is 24.3. The number of nitriles is 1. The molecule has 2 fully saturated rings. The number of rotatable bonds is 5. The second-order valence-electron chi connectivity index (χ2n) is 11.8. The number of hydrogen-bond donors (Lipinski definition) is 4. The Balaban J connectivity index is 0.000000541. The number of amides is 1. The van der Waals surface area contributed by atoms with E-state index >= 15 is 0 Å². The molecule has 0 unspecified atom stereocenters. The van der Waals surface area contributed by atoms with Crippen LogP contribution in [-0.2, 0) is 15.1 Å². The molecule has 0 radical (unpaired) electrons. The van der Waals surface area contributed by atoms with Gasteiger partial charge in [0, 0.05) is 50.6 Å². The number of benzene rings is 1.